The molecule has 0 heterocycles. The summed E-state index contributed by atoms with van der Waals surface area (Å²) in [6, 6.07) is 4.61. The largest absolute Gasteiger partial charge is 0.480 e. The van der Waals surface area contributed by atoms with E-state index in [-0.39, 0.29) is 6.42 Å². The number of ether oxygens (including phenoxy) is 1. The topological polar surface area (TPSA) is 92.7 Å². The maximum Gasteiger partial charge on any atom is 0.326 e. The summed E-state index contributed by atoms with van der Waals surface area (Å²) in [6.07, 6.45) is 0.180. The smallest absolute Gasteiger partial charge is 0.326 e. The summed E-state index contributed by atoms with van der Waals surface area (Å²) in [5.41, 5.74) is 2.82. The van der Waals surface area contributed by atoms with Crippen LogP contribution < -0.4 is 5.32 Å². The third-order valence-electron chi connectivity index (χ3n) is 3.09. The summed E-state index contributed by atoms with van der Waals surface area (Å²) in [4.78, 5) is 33.5. The summed E-state index contributed by atoms with van der Waals surface area (Å²) >= 11 is 0. The van der Waals surface area contributed by atoms with Crippen LogP contribution in [0.5, 0.6) is 0 Å². The number of nitrogens with one attached hydrogen (secondary N) is 1. The molecule has 6 nitrogen and oxygen atoms in total. The number of aryl methyl sites for hydroxylation is 2. The fourth-order valence-corrected chi connectivity index (χ4v) is 1.98. The van der Waals surface area contributed by atoms with Crippen molar-refractivity contribution in [3.05, 3.63) is 34.9 Å². The van der Waals surface area contributed by atoms with Crippen LogP contribution in [0.15, 0.2) is 18.2 Å². The maximum atomic E-state index is 11.6. The minimum atomic E-state index is -1.13. The number of benzene rings is 1. The normalized spacial score (nSPS) is 11.6. The zero-order valence-corrected chi connectivity index (χ0v) is 12.3. The van der Waals surface area contributed by atoms with Gasteiger partial charge in [0, 0.05) is 13.3 Å². The third-order valence-corrected chi connectivity index (χ3v) is 3.09. The van der Waals surface area contributed by atoms with Gasteiger partial charge in [0.05, 0.1) is 0 Å². The summed E-state index contributed by atoms with van der Waals surface area (Å²) in [5.74, 6) is -2.36. The van der Waals surface area contributed by atoms with E-state index in [2.05, 4.69) is 10.1 Å². The first kappa shape index (κ1) is 16.7. The molecule has 0 aliphatic carbocycles. The van der Waals surface area contributed by atoms with Gasteiger partial charge in [0.2, 0.25) is 0 Å². The van der Waals surface area contributed by atoms with Crippen molar-refractivity contribution in [2.75, 3.05) is 6.61 Å². The van der Waals surface area contributed by atoms with Crippen LogP contribution in [0.3, 0.4) is 0 Å². The van der Waals surface area contributed by atoms with Gasteiger partial charge in [-0.25, -0.2) is 4.79 Å². The van der Waals surface area contributed by atoms with Crippen LogP contribution >= 0.6 is 0 Å². The Morgan fingerprint density at radius 1 is 1.24 bits per heavy atom. The molecule has 1 amide bonds. The molecule has 0 aliphatic rings. The van der Waals surface area contributed by atoms with E-state index in [1.165, 1.54) is 6.92 Å². The zero-order valence-electron chi connectivity index (χ0n) is 12.3. The predicted octanol–water partition coefficient (Wildman–Crippen LogP) is 0.978. The Balaban J connectivity index is 2.77. The SMILES string of the molecule is CC(=O)OCC(=O)N[C@H](Cc1c(C)cccc1C)C(=O)O. The van der Waals surface area contributed by atoms with E-state index < -0.39 is 30.5 Å². The molecule has 0 radical (unpaired) electrons. The highest BCUT2D eigenvalue weighted by Gasteiger charge is 2.22. The molecule has 1 aromatic rings. The van der Waals surface area contributed by atoms with E-state index in [0.717, 1.165) is 16.7 Å². The zero-order chi connectivity index (χ0) is 16.0. The number of aliphatic carboxylic acids is 1. The molecule has 0 unspecified atom stereocenters. The fourth-order valence-electron chi connectivity index (χ4n) is 1.98. The van der Waals surface area contributed by atoms with Crippen molar-refractivity contribution in [1.29, 1.82) is 0 Å². The molecule has 1 atom stereocenters. The Morgan fingerprint density at radius 3 is 2.29 bits per heavy atom. The van der Waals surface area contributed by atoms with E-state index >= 15 is 0 Å². The van der Waals surface area contributed by atoms with Crippen molar-refractivity contribution >= 4 is 17.8 Å². The van der Waals surface area contributed by atoms with Gasteiger partial charge in [0.15, 0.2) is 6.61 Å². The second-order valence-electron chi connectivity index (χ2n) is 4.81. The van der Waals surface area contributed by atoms with Gasteiger partial charge < -0.3 is 15.2 Å². The molecule has 0 aliphatic heterocycles. The number of carboxylic acid groups (broad SMARTS) is 1. The van der Waals surface area contributed by atoms with Crippen LogP contribution in [0.2, 0.25) is 0 Å². The Labute approximate surface area is 123 Å². The molecular formula is C15H19NO5. The fraction of sp³-hybridized carbons (Fsp3) is 0.400. The maximum absolute atomic E-state index is 11.6. The van der Waals surface area contributed by atoms with Gasteiger partial charge in [0.1, 0.15) is 6.04 Å². The van der Waals surface area contributed by atoms with Crippen molar-refractivity contribution < 1.29 is 24.2 Å². The lowest BCUT2D eigenvalue weighted by Gasteiger charge is -2.17. The van der Waals surface area contributed by atoms with Crippen LogP contribution in [-0.2, 0) is 25.5 Å². The van der Waals surface area contributed by atoms with Crippen molar-refractivity contribution in [1.82, 2.24) is 5.32 Å². The molecule has 2 N–H and O–H groups in total. The van der Waals surface area contributed by atoms with Crippen LogP contribution in [0.25, 0.3) is 0 Å². The van der Waals surface area contributed by atoms with Crippen LogP contribution in [0.1, 0.15) is 23.6 Å². The van der Waals surface area contributed by atoms with Gasteiger partial charge in [-0.1, -0.05) is 18.2 Å². The van der Waals surface area contributed by atoms with Gasteiger partial charge in [0.25, 0.3) is 5.91 Å². The minimum Gasteiger partial charge on any atom is -0.480 e. The van der Waals surface area contributed by atoms with Gasteiger partial charge in [-0.05, 0) is 30.5 Å². The molecule has 114 valence electrons. The lowest BCUT2D eigenvalue weighted by molar-refractivity contribution is -0.148. The number of carbonyl (C=O) groups is 3. The first-order chi connectivity index (χ1) is 9.81. The average Bonchev–Trinajstić information content (AvgIpc) is 2.39. The number of hydrogen-bond donors (Lipinski definition) is 2. The second kappa shape index (κ2) is 7.42. The number of amides is 1. The van der Waals surface area contributed by atoms with Gasteiger partial charge in [-0.15, -0.1) is 0 Å². The molecule has 21 heavy (non-hydrogen) atoms. The quantitative estimate of drug-likeness (QED) is 0.763. The van der Waals surface area contributed by atoms with Crippen molar-refractivity contribution in [3.63, 3.8) is 0 Å². The molecule has 0 spiro atoms. The second-order valence-corrected chi connectivity index (χ2v) is 4.81. The lowest BCUT2D eigenvalue weighted by Crippen LogP contribution is -2.44. The molecule has 6 heteroatoms. The van der Waals surface area contributed by atoms with E-state index in [1.807, 2.05) is 32.0 Å². The summed E-state index contributed by atoms with van der Waals surface area (Å²) < 4.78 is 4.54. The average molecular weight is 293 g/mol. The highest BCUT2D eigenvalue weighted by Crippen LogP contribution is 2.15. The number of rotatable bonds is 6. The molecule has 0 saturated carbocycles. The number of carboxylic acids is 1. The molecule has 0 bridgehead atoms. The monoisotopic (exact) mass is 293 g/mol. The minimum absolute atomic E-state index is 0.180. The number of esters is 1. The molecule has 0 fully saturated rings. The van der Waals surface area contributed by atoms with Crippen LogP contribution in [0.4, 0.5) is 0 Å². The van der Waals surface area contributed by atoms with Crippen molar-refractivity contribution in [3.8, 4) is 0 Å². The van der Waals surface area contributed by atoms with E-state index in [9.17, 15) is 19.5 Å². The Hall–Kier alpha value is -2.37. The first-order valence-corrected chi connectivity index (χ1v) is 6.52. The Bertz CT molecular complexity index is 533. The molecule has 1 aromatic carbocycles. The third kappa shape index (κ3) is 5.25. The Kier molecular flexibility index (Phi) is 5.90. The predicted molar refractivity (Wildman–Crippen MR) is 75.8 cm³/mol. The standard InChI is InChI=1S/C15H19NO5/c1-9-5-4-6-10(2)12(9)7-13(15(19)20)16-14(18)8-21-11(3)17/h4-6,13H,7-8H2,1-3H3,(H,16,18)(H,19,20)/t13-/m1/s1. The van der Waals surface area contributed by atoms with Gasteiger partial charge >= 0.3 is 11.9 Å². The van der Waals surface area contributed by atoms with Gasteiger partial charge in [-0.3, -0.25) is 9.59 Å². The summed E-state index contributed by atoms with van der Waals surface area (Å²) in [5, 5.41) is 11.6. The van der Waals surface area contributed by atoms with Gasteiger partial charge in [-0.2, -0.15) is 0 Å². The van der Waals surface area contributed by atoms with E-state index in [1.54, 1.807) is 0 Å². The van der Waals surface area contributed by atoms with Crippen molar-refractivity contribution in [2.24, 2.45) is 0 Å². The number of carbonyl (C=O) groups excluding carboxylic acids is 2. The summed E-state index contributed by atoms with van der Waals surface area (Å²) in [6.45, 7) is 4.48. The summed E-state index contributed by atoms with van der Waals surface area (Å²) in [7, 11) is 0. The number of hydrogen-bond acceptors (Lipinski definition) is 4. The lowest BCUT2D eigenvalue weighted by atomic mass is 9.96. The Morgan fingerprint density at radius 2 is 1.81 bits per heavy atom. The van der Waals surface area contributed by atoms with Crippen molar-refractivity contribution in [2.45, 2.75) is 33.2 Å². The molecule has 0 saturated heterocycles. The highest BCUT2D eigenvalue weighted by atomic mass is 16.5. The van der Waals surface area contributed by atoms with E-state index in [0.29, 0.717) is 0 Å². The molecule has 0 aromatic heterocycles. The van der Waals surface area contributed by atoms with E-state index in [4.69, 9.17) is 0 Å². The van der Waals surface area contributed by atoms with Crippen LogP contribution in [0, 0.1) is 13.8 Å². The van der Waals surface area contributed by atoms with Crippen LogP contribution in [-0.4, -0.2) is 35.6 Å². The molecular weight excluding hydrogens is 274 g/mol. The molecule has 1 rings (SSSR count). The highest BCUT2D eigenvalue weighted by molar-refractivity contribution is 5.85. The first-order valence-electron chi connectivity index (χ1n) is 6.52.